The Hall–Kier alpha value is -3.84. The molecular formula is C26H23NO5S. The first-order chi connectivity index (χ1) is 16.0. The zero-order valence-electron chi connectivity index (χ0n) is 18.3. The van der Waals surface area contributed by atoms with Crippen LogP contribution in [-0.2, 0) is 11.3 Å². The minimum Gasteiger partial charge on any atom is -0.486 e. The number of esters is 1. The molecule has 168 valence electrons. The highest BCUT2D eigenvalue weighted by Crippen LogP contribution is 2.36. The minimum absolute atomic E-state index is 0.127. The fourth-order valence-electron chi connectivity index (χ4n) is 3.22. The quantitative estimate of drug-likeness (QED) is 0.311. The summed E-state index contributed by atoms with van der Waals surface area (Å²) >= 11 is 1.26. The summed E-state index contributed by atoms with van der Waals surface area (Å²) in [5.41, 5.74) is 3.05. The lowest BCUT2D eigenvalue weighted by atomic mass is 10.0. The Kier molecular flexibility index (Phi) is 6.90. The van der Waals surface area contributed by atoms with E-state index in [1.807, 2.05) is 66.9 Å². The van der Waals surface area contributed by atoms with Crippen molar-refractivity contribution in [3.8, 4) is 16.9 Å². The number of ether oxygens (including phenoxy) is 2. The third kappa shape index (κ3) is 5.32. The number of benzene rings is 2. The van der Waals surface area contributed by atoms with E-state index in [4.69, 9.17) is 13.9 Å². The van der Waals surface area contributed by atoms with E-state index in [9.17, 15) is 9.59 Å². The monoisotopic (exact) mass is 461 g/mol. The number of aryl methyl sites for hydroxylation is 1. The lowest BCUT2D eigenvalue weighted by Gasteiger charge is -2.08. The topological polar surface area (TPSA) is 77.8 Å². The number of hydrogen-bond donors (Lipinski definition) is 1. The number of carbonyl (C=O) groups is 2. The molecule has 4 aromatic rings. The third-order valence-corrected chi connectivity index (χ3v) is 5.77. The van der Waals surface area contributed by atoms with Crippen molar-refractivity contribution in [3.05, 3.63) is 94.8 Å². The van der Waals surface area contributed by atoms with Gasteiger partial charge in [-0.3, -0.25) is 4.79 Å². The molecular weight excluding hydrogens is 438 g/mol. The SMILES string of the molecule is CCOC(=O)c1c(-c2ccccc2)csc1NC(=O)c1ccc(COc2ccc(C)cc2)o1. The molecule has 0 fully saturated rings. The van der Waals surface area contributed by atoms with Crippen molar-refractivity contribution in [2.24, 2.45) is 0 Å². The molecule has 0 radical (unpaired) electrons. The standard InChI is InChI=1S/C26H23NO5S/c1-3-30-26(29)23-21(18-7-5-4-6-8-18)16-33-25(23)27-24(28)22-14-13-20(32-22)15-31-19-11-9-17(2)10-12-19/h4-14,16H,3,15H2,1-2H3,(H,27,28). The fraction of sp³-hybridized carbons (Fsp3) is 0.154. The Morgan fingerprint density at radius 3 is 2.48 bits per heavy atom. The number of thiophene rings is 1. The molecule has 0 aliphatic rings. The van der Waals surface area contributed by atoms with Gasteiger partial charge >= 0.3 is 5.97 Å². The van der Waals surface area contributed by atoms with Crippen LogP contribution < -0.4 is 10.1 Å². The van der Waals surface area contributed by atoms with E-state index in [1.54, 1.807) is 19.1 Å². The molecule has 0 aliphatic heterocycles. The van der Waals surface area contributed by atoms with Crippen LogP contribution in [0.5, 0.6) is 5.75 Å². The van der Waals surface area contributed by atoms with Crippen molar-refractivity contribution >= 4 is 28.2 Å². The van der Waals surface area contributed by atoms with Gasteiger partial charge in [0.2, 0.25) is 0 Å². The van der Waals surface area contributed by atoms with Gasteiger partial charge in [-0.05, 0) is 43.7 Å². The van der Waals surface area contributed by atoms with Gasteiger partial charge in [0, 0.05) is 10.9 Å². The molecule has 0 bridgehead atoms. The van der Waals surface area contributed by atoms with Crippen LogP contribution >= 0.6 is 11.3 Å². The molecule has 1 amide bonds. The van der Waals surface area contributed by atoms with E-state index in [1.165, 1.54) is 11.3 Å². The van der Waals surface area contributed by atoms with Gasteiger partial charge in [-0.2, -0.15) is 0 Å². The molecule has 2 heterocycles. The molecule has 0 atom stereocenters. The van der Waals surface area contributed by atoms with Crippen LogP contribution in [0.3, 0.4) is 0 Å². The molecule has 2 aromatic carbocycles. The van der Waals surface area contributed by atoms with Gasteiger partial charge in [-0.25, -0.2) is 4.79 Å². The van der Waals surface area contributed by atoms with Crippen LogP contribution in [0.15, 0.2) is 76.5 Å². The molecule has 0 aliphatic carbocycles. The predicted octanol–water partition coefficient (Wildman–Crippen LogP) is 6.32. The highest BCUT2D eigenvalue weighted by molar-refractivity contribution is 7.15. The van der Waals surface area contributed by atoms with Crippen molar-refractivity contribution in [2.45, 2.75) is 20.5 Å². The maximum atomic E-state index is 12.8. The van der Waals surface area contributed by atoms with Crippen LogP contribution in [0.1, 0.15) is 39.2 Å². The lowest BCUT2D eigenvalue weighted by Crippen LogP contribution is -2.14. The number of nitrogens with one attached hydrogen (secondary N) is 1. The minimum atomic E-state index is -0.487. The van der Waals surface area contributed by atoms with E-state index >= 15 is 0 Å². The van der Waals surface area contributed by atoms with Crippen molar-refractivity contribution in [2.75, 3.05) is 11.9 Å². The summed E-state index contributed by atoms with van der Waals surface area (Å²) in [6, 6.07) is 20.5. The zero-order chi connectivity index (χ0) is 23.2. The van der Waals surface area contributed by atoms with Gasteiger partial charge < -0.3 is 19.2 Å². The summed E-state index contributed by atoms with van der Waals surface area (Å²) < 4.78 is 16.6. The van der Waals surface area contributed by atoms with Crippen molar-refractivity contribution in [3.63, 3.8) is 0 Å². The van der Waals surface area contributed by atoms with E-state index in [0.717, 1.165) is 11.1 Å². The van der Waals surface area contributed by atoms with Gasteiger partial charge in [0.1, 0.15) is 28.7 Å². The van der Waals surface area contributed by atoms with Crippen molar-refractivity contribution in [1.82, 2.24) is 0 Å². The molecule has 7 heteroatoms. The fourth-order valence-corrected chi connectivity index (χ4v) is 4.17. The van der Waals surface area contributed by atoms with E-state index in [-0.39, 0.29) is 19.0 Å². The van der Waals surface area contributed by atoms with Crippen LogP contribution in [0.2, 0.25) is 0 Å². The number of carbonyl (C=O) groups excluding carboxylic acids is 2. The Bertz CT molecular complexity index is 1240. The molecule has 1 N–H and O–H groups in total. The number of hydrogen-bond acceptors (Lipinski definition) is 6. The number of furan rings is 1. The molecule has 6 nitrogen and oxygen atoms in total. The Morgan fingerprint density at radius 1 is 1.00 bits per heavy atom. The highest BCUT2D eigenvalue weighted by Gasteiger charge is 2.24. The maximum absolute atomic E-state index is 12.8. The number of rotatable bonds is 8. The first kappa shape index (κ1) is 22.4. The second-order valence-corrected chi connectivity index (χ2v) is 8.14. The molecule has 0 saturated heterocycles. The number of anilines is 1. The van der Waals surface area contributed by atoms with Gasteiger partial charge in [-0.15, -0.1) is 11.3 Å². The molecule has 4 rings (SSSR count). The summed E-state index contributed by atoms with van der Waals surface area (Å²) in [4.78, 5) is 25.5. The second kappa shape index (κ2) is 10.2. The Morgan fingerprint density at radius 2 is 1.76 bits per heavy atom. The van der Waals surface area contributed by atoms with E-state index in [0.29, 0.717) is 27.6 Å². The van der Waals surface area contributed by atoms with E-state index in [2.05, 4.69) is 5.32 Å². The molecule has 0 unspecified atom stereocenters. The average molecular weight is 462 g/mol. The largest absolute Gasteiger partial charge is 0.486 e. The second-order valence-electron chi connectivity index (χ2n) is 7.26. The Balaban J connectivity index is 1.50. The van der Waals surface area contributed by atoms with Gasteiger partial charge in [0.25, 0.3) is 5.91 Å². The van der Waals surface area contributed by atoms with Gasteiger partial charge in [0.05, 0.1) is 6.61 Å². The lowest BCUT2D eigenvalue weighted by molar-refractivity contribution is 0.0529. The van der Waals surface area contributed by atoms with Crippen molar-refractivity contribution < 1.29 is 23.5 Å². The normalized spacial score (nSPS) is 10.6. The zero-order valence-corrected chi connectivity index (χ0v) is 19.1. The smallest absolute Gasteiger partial charge is 0.341 e. The molecule has 33 heavy (non-hydrogen) atoms. The van der Waals surface area contributed by atoms with Crippen molar-refractivity contribution in [1.29, 1.82) is 0 Å². The highest BCUT2D eigenvalue weighted by atomic mass is 32.1. The Labute approximate surface area is 195 Å². The van der Waals surface area contributed by atoms with Crippen LogP contribution in [0.25, 0.3) is 11.1 Å². The summed E-state index contributed by atoms with van der Waals surface area (Å²) in [6.45, 7) is 4.18. The van der Waals surface area contributed by atoms with Crippen LogP contribution in [0, 0.1) is 6.92 Å². The summed E-state index contributed by atoms with van der Waals surface area (Å²) in [6.07, 6.45) is 0. The van der Waals surface area contributed by atoms with Gasteiger partial charge in [-0.1, -0.05) is 48.0 Å². The average Bonchev–Trinajstić information content (AvgIpc) is 3.47. The molecule has 0 spiro atoms. The summed E-state index contributed by atoms with van der Waals surface area (Å²) in [7, 11) is 0. The molecule has 0 saturated carbocycles. The number of amides is 1. The maximum Gasteiger partial charge on any atom is 0.341 e. The van der Waals surface area contributed by atoms with E-state index < -0.39 is 11.9 Å². The van der Waals surface area contributed by atoms with Gasteiger partial charge in [0.15, 0.2) is 5.76 Å². The van der Waals surface area contributed by atoms with Crippen LogP contribution in [-0.4, -0.2) is 18.5 Å². The first-order valence-electron chi connectivity index (χ1n) is 10.5. The first-order valence-corrected chi connectivity index (χ1v) is 11.4. The third-order valence-electron chi connectivity index (χ3n) is 4.87. The molecule has 2 aromatic heterocycles. The summed E-state index contributed by atoms with van der Waals surface area (Å²) in [5, 5.41) is 5.04. The summed E-state index contributed by atoms with van der Waals surface area (Å²) in [5.74, 6) is 0.418. The van der Waals surface area contributed by atoms with Crippen LogP contribution in [0.4, 0.5) is 5.00 Å². The predicted molar refractivity (Wildman–Crippen MR) is 128 cm³/mol.